The molecule has 1 aromatic carbocycles. The van der Waals surface area contributed by atoms with E-state index < -0.39 is 0 Å². The van der Waals surface area contributed by atoms with Crippen LogP contribution in [0.15, 0.2) is 30.3 Å². The van der Waals surface area contributed by atoms with E-state index in [1.165, 1.54) is 0 Å². The molecule has 0 spiro atoms. The summed E-state index contributed by atoms with van der Waals surface area (Å²) in [5, 5.41) is 5.77. The van der Waals surface area contributed by atoms with Gasteiger partial charge in [-0.1, -0.05) is 18.2 Å². The van der Waals surface area contributed by atoms with Crippen LogP contribution in [0.5, 0.6) is 0 Å². The van der Waals surface area contributed by atoms with Crippen LogP contribution < -0.4 is 10.6 Å². The van der Waals surface area contributed by atoms with Crippen molar-refractivity contribution in [3.8, 4) is 0 Å². The number of nitrogens with one attached hydrogen (secondary N) is 2. The van der Waals surface area contributed by atoms with Crippen molar-refractivity contribution in [1.29, 1.82) is 0 Å². The fourth-order valence-electron chi connectivity index (χ4n) is 2.49. The maximum Gasteiger partial charge on any atom is 0.257 e. The van der Waals surface area contributed by atoms with Crippen molar-refractivity contribution < 1.29 is 9.59 Å². The van der Waals surface area contributed by atoms with Crippen LogP contribution in [-0.4, -0.2) is 48.9 Å². The van der Waals surface area contributed by atoms with Gasteiger partial charge in [0.2, 0.25) is 5.91 Å². The summed E-state index contributed by atoms with van der Waals surface area (Å²) in [7, 11) is 1.97. The molecule has 2 amide bonds. The first-order valence-electron chi connectivity index (χ1n) is 7.33. The SMILES string of the molecule is CNC1(C)CCN(CC(=O)NC(=O)c2ccccc2)CC1. The number of benzene rings is 1. The van der Waals surface area contributed by atoms with Gasteiger partial charge in [-0.3, -0.25) is 19.8 Å². The second kappa shape index (κ2) is 6.83. The molecule has 0 radical (unpaired) electrons. The van der Waals surface area contributed by atoms with Crippen molar-refractivity contribution in [2.45, 2.75) is 25.3 Å². The van der Waals surface area contributed by atoms with Gasteiger partial charge in [-0.25, -0.2) is 0 Å². The number of likely N-dealkylation sites (tertiary alicyclic amines) is 1. The lowest BCUT2D eigenvalue weighted by molar-refractivity contribution is -0.121. The summed E-state index contributed by atoms with van der Waals surface area (Å²) in [5.74, 6) is -0.574. The van der Waals surface area contributed by atoms with Crippen LogP contribution in [-0.2, 0) is 4.79 Å². The maximum atomic E-state index is 11.9. The average molecular weight is 289 g/mol. The highest BCUT2D eigenvalue weighted by atomic mass is 16.2. The zero-order chi connectivity index (χ0) is 15.3. The van der Waals surface area contributed by atoms with E-state index in [9.17, 15) is 9.59 Å². The van der Waals surface area contributed by atoms with E-state index in [4.69, 9.17) is 0 Å². The van der Waals surface area contributed by atoms with E-state index in [0.717, 1.165) is 25.9 Å². The summed E-state index contributed by atoms with van der Waals surface area (Å²) in [6.07, 6.45) is 2.01. The molecule has 0 atom stereocenters. The second-order valence-electron chi connectivity index (χ2n) is 5.83. The third-order valence-electron chi connectivity index (χ3n) is 4.22. The quantitative estimate of drug-likeness (QED) is 0.869. The van der Waals surface area contributed by atoms with Gasteiger partial charge in [-0.2, -0.15) is 0 Å². The van der Waals surface area contributed by atoms with Crippen molar-refractivity contribution in [3.63, 3.8) is 0 Å². The third-order valence-corrected chi connectivity index (χ3v) is 4.22. The monoisotopic (exact) mass is 289 g/mol. The molecule has 1 saturated heterocycles. The molecular formula is C16H23N3O2. The largest absolute Gasteiger partial charge is 0.314 e. The fourth-order valence-corrected chi connectivity index (χ4v) is 2.49. The molecule has 0 aliphatic carbocycles. The van der Waals surface area contributed by atoms with E-state index in [2.05, 4.69) is 22.5 Å². The number of nitrogens with zero attached hydrogens (tertiary/aromatic N) is 1. The molecule has 5 heteroatoms. The summed E-state index contributed by atoms with van der Waals surface area (Å²) in [4.78, 5) is 25.9. The number of hydrogen-bond acceptors (Lipinski definition) is 4. The number of carbonyl (C=O) groups excluding carboxylic acids is 2. The van der Waals surface area contributed by atoms with Gasteiger partial charge in [0.1, 0.15) is 0 Å². The Morgan fingerprint density at radius 1 is 1.19 bits per heavy atom. The Bertz CT molecular complexity index is 494. The predicted octanol–water partition coefficient (Wildman–Crippen LogP) is 1.02. The molecule has 114 valence electrons. The second-order valence-corrected chi connectivity index (χ2v) is 5.83. The molecular weight excluding hydrogens is 266 g/mol. The number of rotatable bonds is 4. The first kappa shape index (κ1) is 15.7. The number of carbonyl (C=O) groups is 2. The van der Waals surface area contributed by atoms with Crippen molar-refractivity contribution >= 4 is 11.8 Å². The van der Waals surface area contributed by atoms with Crippen LogP contribution in [0, 0.1) is 0 Å². The maximum absolute atomic E-state index is 11.9. The summed E-state index contributed by atoms with van der Waals surface area (Å²) in [6, 6.07) is 8.79. The third kappa shape index (κ3) is 4.37. The van der Waals surface area contributed by atoms with Crippen LogP contribution >= 0.6 is 0 Å². The molecule has 0 aromatic heterocycles. The molecule has 2 N–H and O–H groups in total. The van der Waals surface area contributed by atoms with Crippen LogP contribution in [0.25, 0.3) is 0 Å². The van der Waals surface area contributed by atoms with Gasteiger partial charge >= 0.3 is 0 Å². The van der Waals surface area contributed by atoms with Gasteiger partial charge in [-0.05, 0) is 38.9 Å². The molecule has 1 aliphatic heterocycles. The van der Waals surface area contributed by atoms with Crippen LogP contribution in [0.2, 0.25) is 0 Å². The highest BCUT2D eigenvalue weighted by Gasteiger charge is 2.29. The average Bonchev–Trinajstić information content (AvgIpc) is 2.50. The van der Waals surface area contributed by atoms with Crippen molar-refractivity contribution in [2.24, 2.45) is 0 Å². The zero-order valence-electron chi connectivity index (χ0n) is 12.7. The van der Waals surface area contributed by atoms with Gasteiger partial charge in [0, 0.05) is 24.2 Å². The molecule has 1 aromatic rings. The van der Waals surface area contributed by atoms with Crippen LogP contribution in [0.4, 0.5) is 0 Å². The zero-order valence-corrected chi connectivity index (χ0v) is 12.7. The Morgan fingerprint density at radius 2 is 1.81 bits per heavy atom. The molecule has 0 bridgehead atoms. The standard InChI is InChI=1S/C16H23N3O2/c1-16(17-2)8-10-19(11-9-16)12-14(20)18-15(21)13-6-4-3-5-7-13/h3-7,17H,8-12H2,1-2H3,(H,18,20,21). The Morgan fingerprint density at radius 3 is 2.38 bits per heavy atom. The van der Waals surface area contributed by atoms with Crippen LogP contribution in [0.1, 0.15) is 30.1 Å². The van der Waals surface area contributed by atoms with Gasteiger partial charge in [0.05, 0.1) is 6.54 Å². The molecule has 0 saturated carbocycles. The van der Waals surface area contributed by atoms with Gasteiger partial charge in [0.15, 0.2) is 0 Å². The molecule has 2 rings (SSSR count). The fraction of sp³-hybridized carbons (Fsp3) is 0.500. The highest BCUT2D eigenvalue weighted by Crippen LogP contribution is 2.20. The molecule has 0 unspecified atom stereocenters. The van der Waals surface area contributed by atoms with Gasteiger partial charge in [-0.15, -0.1) is 0 Å². The summed E-state index contributed by atoms with van der Waals surface area (Å²) in [5.41, 5.74) is 0.666. The van der Waals surface area contributed by atoms with E-state index >= 15 is 0 Å². The van der Waals surface area contributed by atoms with Crippen molar-refractivity contribution in [3.05, 3.63) is 35.9 Å². The summed E-state index contributed by atoms with van der Waals surface area (Å²) < 4.78 is 0. The minimum atomic E-state index is -0.335. The number of imide groups is 1. The van der Waals surface area contributed by atoms with E-state index in [1.54, 1.807) is 24.3 Å². The van der Waals surface area contributed by atoms with Crippen LogP contribution in [0.3, 0.4) is 0 Å². The van der Waals surface area contributed by atoms with E-state index in [-0.39, 0.29) is 23.9 Å². The lowest BCUT2D eigenvalue weighted by atomic mass is 9.90. The Balaban J connectivity index is 1.79. The number of piperidine rings is 1. The Labute approximate surface area is 125 Å². The topological polar surface area (TPSA) is 61.4 Å². The molecule has 1 aliphatic rings. The molecule has 1 heterocycles. The first-order valence-corrected chi connectivity index (χ1v) is 7.33. The first-order chi connectivity index (χ1) is 10.0. The van der Waals surface area contributed by atoms with E-state index in [1.807, 2.05) is 13.1 Å². The normalized spacial score (nSPS) is 18.2. The number of hydrogen-bond donors (Lipinski definition) is 2. The lowest BCUT2D eigenvalue weighted by Crippen LogP contribution is -2.52. The van der Waals surface area contributed by atoms with E-state index in [0.29, 0.717) is 5.56 Å². The van der Waals surface area contributed by atoms with Crippen molar-refractivity contribution in [2.75, 3.05) is 26.7 Å². The number of amides is 2. The van der Waals surface area contributed by atoms with Gasteiger partial charge in [0.25, 0.3) is 5.91 Å². The predicted molar refractivity (Wildman–Crippen MR) is 82.1 cm³/mol. The summed E-state index contributed by atoms with van der Waals surface area (Å²) in [6.45, 7) is 4.20. The Kier molecular flexibility index (Phi) is 5.09. The molecule has 5 nitrogen and oxygen atoms in total. The minimum absolute atomic E-state index is 0.160. The lowest BCUT2D eigenvalue weighted by Gasteiger charge is -2.38. The summed E-state index contributed by atoms with van der Waals surface area (Å²) >= 11 is 0. The Hall–Kier alpha value is -1.72. The minimum Gasteiger partial charge on any atom is -0.314 e. The van der Waals surface area contributed by atoms with Gasteiger partial charge < -0.3 is 5.32 Å². The van der Waals surface area contributed by atoms with Crippen molar-refractivity contribution in [1.82, 2.24) is 15.5 Å². The molecule has 1 fully saturated rings. The molecule has 21 heavy (non-hydrogen) atoms. The highest BCUT2D eigenvalue weighted by molar-refractivity contribution is 6.05. The smallest absolute Gasteiger partial charge is 0.257 e.